The number of carbonyl (C=O) groups excluding carboxylic acids is 2. The van der Waals surface area contributed by atoms with Crippen molar-refractivity contribution in [1.82, 2.24) is 10.4 Å². The summed E-state index contributed by atoms with van der Waals surface area (Å²) in [5, 5.41) is 11.8. The molecule has 1 aliphatic heterocycles. The molecule has 0 unspecified atom stereocenters. The van der Waals surface area contributed by atoms with E-state index in [0.717, 1.165) is 32.9 Å². The van der Waals surface area contributed by atoms with Crippen molar-refractivity contribution in [3.05, 3.63) is 79.2 Å². The summed E-state index contributed by atoms with van der Waals surface area (Å²) < 4.78 is 1.08. The van der Waals surface area contributed by atoms with Crippen molar-refractivity contribution in [2.24, 2.45) is 0 Å². The van der Waals surface area contributed by atoms with Crippen molar-refractivity contribution in [2.45, 2.75) is 0 Å². The number of carbonyl (C=O) groups is 2. The van der Waals surface area contributed by atoms with E-state index in [-0.39, 0.29) is 15.6 Å². The van der Waals surface area contributed by atoms with Gasteiger partial charge in [0.2, 0.25) is 0 Å². The van der Waals surface area contributed by atoms with Gasteiger partial charge in [-0.1, -0.05) is 45.9 Å². The molecule has 1 saturated heterocycles. The summed E-state index contributed by atoms with van der Waals surface area (Å²) in [6.45, 7) is 0. The molecule has 0 atom stereocenters. The van der Waals surface area contributed by atoms with Crippen molar-refractivity contribution in [3.63, 3.8) is 0 Å². The Morgan fingerprint density at radius 2 is 1.96 bits per heavy atom. The van der Waals surface area contributed by atoms with E-state index in [1.165, 1.54) is 18.2 Å². The van der Waals surface area contributed by atoms with E-state index in [2.05, 4.69) is 21.4 Å². The summed E-state index contributed by atoms with van der Waals surface area (Å²) in [6.07, 6.45) is 1.67. The van der Waals surface area contributed by atoms with E-state index in [0.29, 0.717) is 4.91 Å². The molecule has 0 saturated carbocycles. The second-order valence-corrected chi connectivity index (χ2v) is 7.91. The third-order valence-electron chi connectivity index (χ3n) is 3.49. The SMILES string of the molecule is O=C(NN1C(=O)/C(=C\c2ccc(Br)cc2)SC1=S)c1cccc([N+](=O)[O-])c1. The van der Waals surface area contributed by atoms with Crippen LogP contribution in [0.3, 0.4) is 0 Å². The van der Waals surface area contributed by atoms with Gasteiger partial charge in [-0.15, -0.1) is 0 Å². The maximum absolute atomic E-state index is 12.5. The fraction of sp³-hybridized carbons (Fsp3) is 0. The molecule has 7 nitrogen and oxygen atoms in total. The van der Waals surface area contributed by atoms with Gasteiger partial charge in [-0.05, 0) is 42.1 Å². The molecule has 1 fully saturated rings. The number of rotatable bonds is 4. The highest BCUT2D eigenvalue weighted by molar-refractivity contribution is 9.10. The molecule has 1 aliphatic rings. The number of nitrogens with zero attached hydrogens (tertiary/aromatic N) is 2. The van der Waals surface area contributed by atoms with Crippen LogP contribution in [-0.2, 0) is 4.79 Å². The number of thiocarbonyl (C=S) groups is 1. The molecule has 0 spiro atoms. The number of halogens is 1. The number of hydrazine groups is 1. The van der Waals surface area contributed by atoms with E-state index in [1.807, 2.05) is 24.3 Å². The van der Waals surface area contributed by atoms with Gasteiger partial charge < -0.3 is 0 Å². The van der Waals surface area contributed by atoms with Gasteiger partial charge in [0.15, 0.2) is 4.32 Å². The lowest BCUT2D eigenvalue weighted by molar-refractivity contribution is -0.384. The van der Waals surface area contributed by atoms with E-state index in [4.69, 9.17) is 12.2 Å². The van der Waals surface area contributed by atoms with E-state index in [1.54, 1.807) is 6.08 Å². The van der Waals surface area contributed by atoms with Crippen molar-refractivity contribution in [3.8, 4) is 0 Å². The third-order valence-corrected chi connectivity index (χ3v) is 5.32. The van der Waals surface area contributed by atoms with Crippen LogP contribution in [0.5, 0.6) is 0 Å². The molecule has 2 amide bonds. The summed E-state index contributed by atoms with van der Waals surface area (Å²) in [4.78, 5) is 35.5. The minimum Gasteiger partial charge on any atom is -0.267 e. The lowest BCUT2D eigenvalue weighted by atomic mass is 10.2. The quantitative estimate of drug-likeness (QED) is 0.319. The van der Waals surface area contributed by atoms with Crippen molar-refractivity contribution in [1.29, 1.82) is 0 Å². The summed E-state index contributed by atoms with van der Waals surface area (Å²) in [6, 6.07) is 12.6. The van der Waals surface area contributed by atoms with Crippen LogP contribution in [0.1, 0.15) is 15.9 Å². The minimum atomic E-state index is -0.667. The molecule has 3 rings (SSSR count). The van der Waals surface area contributed by atoms with Crippen LogP contribution in [0.2, 0.25) is 0 Å². The molecule has 27 heavy (non-hydrogen) atoms. The first kappa shape index (κ1) is 19.2. The van der Waals surface area contributed by atoms with Crippen molar-refractivity contribution < 1.29 is 14.5 Å². The standard InChI is InChI=1S/C17H10BrN3O4S2/c18-12-6-4-10(5-7-12)8-14-16(23)20(17(26)27-14)19-15(22)11-2-1-3-13(9-11)21(24)25/h1-9H,(H,19,22)/b14-8+. The first-order valence-corrected chi connectivity index (χ1v) is 9.46. The topological polar surface area (TPSA) is 92.6 Å². The van der Waals surface area contributed by atoms with Gasteiger partial charge >= 0.3 is 0 Å². The molecular formula is C17H10BrN3O4S2. The highest BCUT2D eigenvalue weighted by Gasteiger charge is 2.33. The Morgan fingerprint density at radius 3 is 2.63 bits per heavy atom. The van der Waals surface area contributed by atoms with Gasteiger partial charge in [-0.3, -0.25) is 25.1 Å². The fourth-order valence-corrected chi connectivity index (χ4v) is 3.65. The summed E-state index contributed by atoms with van der Waals surface area (Å²) >= 11 is 9.57. The Labute approximate surface area is 171 Å². The van der Waals surface area contributed by atoms with Crippen LogP contribution in [0.25, 0.3) is 6.08 Å². The number of nitro groups is 1. The maximum atomic E-state index is 12.5. The Morgan fingerprint density at radius 1 is 1.26 bits per heavy atom. The number of benzene rings is 2. The molecule has 2 aromatic rings. The van der Waals surface area contributed by atoms with Gasteiger partial charge in [0, 0.05) is 22.2 Å². The first-order chi connectivity index (χ1) is 12.8. The predicted octanol–water partition coefficient (Wildman–Crippen LogP) is 3.90. The van der Waals surface area contributed by atoms with Crippen LogP contribution in [0.4, 0.5) is 5.69 Å². The van der Waals surface area contributed by atoms with Gasteiger partial charge in [0.05, 0.1) is 9.83 Å². The number of amides is 2. The summed E-state index contributed by atoms with van der Waals surface area (Å²) in [7, 11) is 0. The molecule has 10 heteroatoms. The van der Waals surface area contributed by atoms with Gasteiger partial charge in [0.25, 0.3) is 17.5 Å². The average Bonchev–Trinajstić information content (AvgIpc) is 2.91. The van der Waals surface area contributed by atoms with Gasteiger partial charge in [-0.2, -0.15) is 5.01 Å². The number of thioether (sulfide) groups is 1. The second-order valence-electron chi connectivity index (χ2n) is 5.32. The maximum Gasteiger partial charge on any atom is 0.285 e. The zero-order valence-electron chi connectivity index (χ0n) is 13.4. The Bertz CT molecular complexity index is 992. The Hall–Kier alpha value is -2.56. The average molecular weight is 464 g/mol. The van der Waals surface area contributed by atoms with Crippen molar-refractivity contribution in [2.75, 3.05) is 0 Å². The fourth-order valence-electron chi connectivity index (χ4n) is 2.20. The Kier molecular flexibility index (Phi) is 5.68. The zero-order chi connectivity index (χ0) is 19.6. The van der Waals surface area contributed by atoms with Crippen LogP contribution in [0, 0.1) is 10.1 Å². The molecule has 0 aliphatic carbocycles. The molecule has 0 aromatic heterocycles. The van der Waals surface area contributed by atoms with Gasteiger partial charge in [-0.25, -0.2) is 0 Å². The van der Waals surface area contributed by atoms with E-state index in [9.17, 15) is 19.7 Å². The van der Waals surface area contributed by atoms with Crippen LogP contribution >= 0.6 is 39.9 Å². The minimum absolute atomic E-state index is 0.0511. The lowest BCUT2D eigenvalue weighted by Gasteiger charge is -2.15. The number of hydrogen-bond donors (Lipinski definition) is 1. The first-order valence-electron chi connectivity index (χ1n) is 7.44. The lowest BCUT2D eigenvalue weighted by Crippen LogP contribution is -2.44. The van der Waals surface area contributed by atoms with Crippen LogP contribution < -0.4 is 5.43 Å². The molecule has 0 radical (unpaired) electrons. The highest BCUT2D eigenvalue weighted by Crippen LogP contribution is 2.31. The number of non-ortho nitro benzene ring substituents is 1. The monoisotopic (exact) mass is 463 g/mol. The highest BCUT2D eigenvalue weighted by atomic mass is 79.9. The molecule has 136 valence electrons. The number of nitro benzene ring substituents is 1. The summed E-state index contributed by atoms with van der Waals surface area (Å²) in [5.41, 5.74) is 3.04. The molecular weight excluding hydrogens is 454 g/mol. The molecule has 0 bridgehead atoms. The number of nitrogens with one attached hydrogen (secondary N) is 1. The normalized spacial score (nSPS) is 15.3. The smallest absolute Gasteiger partial charge is 0.267 e. The van der Waals surface area contributed by atoms with E-state index >= 15 is 0 Å². The van der Waals surface area contributed by atoms with Crippen LogP contribution in [-0.4, -0.2) is 26.1 Å². The zero-order valence-corrected chi connectivity index (χ0v) is 16.6. The second kappa shape index (κ2) is 7.99. The third kappa shape index (κ3) is 4.41. The number of hydrogen-bond acceptors (Lipinski definition) is 6. The predicted molar refractivity (Wildman–Crippen MR) is 110 cm³/mol. The van der Waals surface area contributed by atoms with Crippen molar-refractivity contribution >= 4 is 67.8 Å². The molecule has 1 heterocycles. The largest absolute Gasteiger partial charge is 0.285 e. The van der Waals surface area contributed by atoms with Gasteiger partial charge in [0.1, 0.15) is 0 Å². The summed E-state index contributed by atoms with van der Waals surface area (Å²) in [5.74, 6) is -1.13. The molecule has 2 aromatic carbocycles. The van der Waals surface area contributed by atoms with E-state index < -0.39 is 16.7 Å². The van der Waals surface area contributed by atoms with Crippen LogP contribution in [0.15, 0.2) is 57.9 Å². The molecule has 1 N–H and O–H groups in total. The Balaban J connectivity index is 1.77.